The van der Waals surface area contributed by atoms with Crippen molar-refractivity contribution in [3.63, 3.8) is 0 Å². The van der Waals surface area contributed by atoms with E-state index in [-0.39, 0.29) is 4.87 Å². The van der Waals surface area contributed by atoms with Crippen LogP contribution in [0.15, 0.2) is 16.4 Å². The number of nitrogens with zero attached hydrogens (tertiary/aromatic N) is 1. The van der Waals surface area contributed by atoms with E-state index in [1.54, 1.807) is 16.1 Å². The second kappa shape index (κ2) is 3.78. The van der Waals surface area contributed by atoms with Crippen molar-refractivity contribution in [2.75, 3.05) is 5.88 Å². The molecule has 1 aromatic heterocycles. The van der Waals surface area contributed by atoms with Gasteiger partial charge in [-0.25, -0.2) is 0 Å². The molecule has 0 fully saturated rings. The van der Waals surface area contributed by atoms with Gasteiger partial charge in [-0.2, -0.15) is 0 Å². The number of halogens is 1. The summed E-state index contributed by atoms with van der Waals surface area (Å²) in [6.45, 7) is 0.742. The van der Waals surface area contributed by atoms with E-state index in [1.165, 1.54) is 11.3 Å². The van der Waals surface area contributed by atoms with E-state index >= 15 is 0 Å². The van der Waals surface area contributed by atoms with Gasteiger partial charge in [-0.15, -0.1) is 11.6 Å². The minimum absolute atomic E-state index is 0.102. The largest absolute Gasteiger partial charge is 0.307 e. The molecule has 0 saturated carbocycles. The van der Waals surface area contributed by atoms with E-state index in [9.17, 15) is 4.79 Å². The molecule has 2 nitrogen and oxygen atoms in total. The summed E-state index contributed by atoms with van der Waals surface area (Å²) < 4.78 is 1.67. The van der Waals surface area contributed by atoms with Gasteiger partial charge in [-0.1, -0.05) is 11.3 Å². The van der Waals surface area contributed by atoms with Crippen LogP contribution in [0.2, 0.25) is 0 Å². The van der Waals surface area contributed by atoms with Gasteiger partial charge in [-0.3, -0.25) is 4.79 Å². The Bertz CT molecular complexity index is 242. The summed E-state index contributed by atoms with van der Waals surface area (Å²) in [6, 6.07) is 0. The molecule has 0 unspecified atom stereocenters. The molecule has 56 valence electrons. The average molecular weight is 178 g/mol. The van der Waals surface area contributed by atoms with Crippen LogP contribution in [0.1, 0.15) is 6.42 Å². The third kappa shape index (κ3) is 1.85. The lowest BCUT2D eigenvalue weighted by atomic mass is 10.5. The van der Waals surface area contributed by atoms with Crippen LogP contribution in [0.4, 0.5) is 0 Å². The Morgan fingerprint density at radius 3 is 3.00 bits per heavy atom. The molecule has 0 spiro atoms. The van der Waals surface area contributed by atoms with Crippen LogP contribution in [-0.2, 0) is 6.54 Å². The summed E-state index contributed by atoms with van der Waals surface area (Å²) in [4.78, 5) is 11.0. The third-order valence-corrected chi connectivity index (χ3v) is 2.14. The number of thiazole rings is 1. The minimum Gasteiger partial charge on any atom is -0.306 e. The zero-order chi connectivity index (χ0) is 7.40. The maximum Gasteiger partial charge on any atom is 0.307 e. The fourth-order valence-corrected chi connectivity index (χ4v) is 1.42. The number of rotatable bonds is 3. The molecular weight excluding hydrogens is 170 g/mol. The summed E-state index contributed by atoms with van der Waals surface area (Å²) in [6.07, 6.45) is 2.65. The van der Waals surface area contributed by atoms with Crippen LogP contribution in [0, 0.1) is 0 Å². The SMILES string of the molecule is O=c1sccn1CCCCl. The van der Waals surface area contributed by atoms with Crippen LogP contribution in [0.3, 0.4) is 0 Å². The molecule has 1 aromatic rings. The first-order valence-electron chi connectivity index (χ1n) is 3.04. The fourth-order valence-electron chi connectivity index (χ4n) is 0.687. The molecule has 0 bridgehead atoms. The molecule has 4 heteroatoms. The Morgan fingerprint density at radius 1 is 1.70 bits per heavy atom. The highest BCUT2D eigenvalue weighted by molar-refractivity contribution is 7.07. The van der Waals surface area contributed by atoms with E-state index in [4.69, 9.17) is 11.6 Å². The summed E-state index contributed by atoms with van der Waals surface area (Å²) in [5.41, 5.74) is 0. The van der Waals surface area contributed by atoms with Crippen molar-refractivity contribution in [3.05, 3.63) is 21.2 Å². The van der Waals surface area contributed by atoms with Crippen molar-refractivity contribution in [2.45, 2.75) is 13.0 Å². The quantitative estimate of drug-likeness (QED) is 0.642. The maximum absolute atomic E-state index is 10.9. The lowest BCUT2D eigenvalue weighted by Gasteiger charge is -1.95. The van der Waals surface area contributed by atoms with Gasteiger partial charge < -0.3 is 4.57 Å². The first-order valence-corrected chi connectivity index (χ1v) is 4.46. The molecule has 10 heavy (non-hydrogen) atoms. The lowest BCUT2D eigenvalue weighted by Crippen LogP contribution is -2.11. The summed E-state index contributed by atoms with van der Waals surface area (Å²) in [7, 11) is 0. The highest BCUT2D eigenvalue weighted by atomic mass is 35.5. The molecule has 0 N–H and O–H groups in total. The van der Waals surface area contributed by atoms with Crippen molar-refractivity contribution >= 4 is 22.9 Å². The molecule has 0 aliphatic carbocycles. The predicted molar refractivity (Wildman–Crippen MR) is 43.9 cm³/mol. The first kappa shape index (κ1) is 7.82. The molecule has 0 amide bonds. The zero-order valence-electron chi connectivity index (χ0n) is 5.42. The second-order valence-electron chi connectivity index (χ2n) is 1.90. The first-order chi connectivity index (χ1) is 4.84. The van der Waals surface area contributed by atoms with Crippen LogP contribution < -0.4 is 4.87 Å². The number of hydrogen-bond donors (Lipinski definition) is 0. The van der Waals surface area contributed by atoms with E-state index in [2.05, 4.69) is 0 Å². The zero-order valence-corrected chi connectivity index (χ0v) is 6.99. The maximum atomic E-state index is 10.9. The Kier molecular flexibility index (Phi) is 2.96. The Morgan fingerprint density at radius 2 is 2.50 bits per heavy atom. The second-order valence-corrected chi connectivity index (χ2v) is 3.14. The van der Waals surface area contributed by atoms with Crippen molar-refractivity contribution in [1.82, 2.24) is 4.57 Å². The van der Waals surface area contributed by atoms with Crippen molar-refractivity contribution in [2.24, 2.45) is 0 Å². The van der Waals surface area contributed by atoms with Crippen LogP contribution >= 0.6 is 22.9 Å². The third-order valence-electron chi connectivity index (χ3n) is 1.18. The Labute approximate surface area is 68.1 Å². The number of aromatic nitrogens is 1. The topological polar surface area (TPSA) is 22.0 Å². The minimum atomic E-state index is 0.102. The molecule has 0 aliphatic rings. The van der Waals surface area contributed by atoms with Crippen molar-refractivity contribution in [1.29, 1.82) is 0 Å². The molecule has 0 aliphatic heterocycles. The molecule has 0 radical (unpaired) electrons. The van der Waals surface area contributed by atoms with E-state index in [1.807, 2.05) is 0 Å². The van der Waals surface area contributed by atoms with Gasteiger partial charge in [0.05, 0.1) is 0 Å². The van der Waals surface area contributed by atoms with Gasteiger partial charge in [0.15, 0.2) is 0 Å². The fraction of sp³-hybridized carbons (Fsp3) is 0.500. The van der Waals surface area contributed by atoms with E-state index in [0.717, 1.165) is 13.0 Å². The molecule has 0 aromatic carbocycles. The molecule has 0 atom stereocenters. The van der Waals surface area contributed by atoms with Crippen molar-refractivity contribution in [3.8, 4) is 0 Å². The van der Waals surface area contributed by atoms with Gasteiger partial charge >= 0.3 is 4.87 Å². The molecule has 1 heterocycles. The van der Waals surface area contributed by atoms with Gasteiger partial charge in [0.2, 0.25) is 0 Å². The number of alkyl halides is 1. The molecular formula is C6H8ClNOS. The van der Waals surface area contributed by atoms with Gasteiger partial charge in [-0.05, 0) is 6.42 Å². The predicted octanol–water partition coefficient (Wildman–Crippen LogP) is 1.54. The van der Waals surface area contributed by atoms with Crippen LogP contribution in [0.5, 0.6) is 0 Å². The van der Waals surface area contributed by atoms with Gasteiger partial charge in [0.25, 0.3) is 0 Å². The molecule has 1 rings (SSSR count). The van der Waals surface area contributed by atoms with E-state index in [0.29, 0.717) is 5.88 Å². The van der Waals surface area contributed by atoms with Crippen molar-refractivity contribution < 1.29 is 0 Å². The van der Waals surface area contributed by atoms with E-state index < -0.39 is 0 Å². The summed E-state index contributed by atoms with van der Waals surface area (Å²) in [5, 5.41) is 1.79. The monoisotopic (exact) mass is 177 g/mol. The normalized spacial score (nSPS) is 10.1. The highest BCUT2D eigenvalue weighted by Gasteiger charge is 1.93. The summed E-state index contributed by atoms with van der Waals surface area (Å²) >= 11 is 6.68. The van der Waals surface area contributed by atoms with Gasteiger partial charge in [0.1, 0.15) is 0 Å². The highest BCUT2D eigenvalue weighted by Crippen LogP contribution is 1.92. The smallest absolute Gasteiger partial charge is 0.306 e. The number of hydrogen-bond acceptors (Lipinski definition) is 2. The van der Waals surface area contributed by atoms with Crippen LogP contribution in [0.25, 0.3) is 0 Å². The number of aryl methyl sites for hydroxylation is 1. The van der Waals surface area contributed by atoms with Gasteiger partial charge in [0, 0.05) is 24.0 Å². The van der Waals surface area contributed by atoms with Crippen LogP contribution in [-0.4, -0.2) is 10.4 Å². The average Bonchev–Trinajstić information content (AvgIpc) is 2.31. The standard InChI is InChI=1S/C6H8ClNOS/c7-2-1-3-8-4-5-10-6(8)9/h4-5H,1-3H2. The Hall–Kier alpha value is -0.280. The lowest BCUT2D eigenvalue weighted by molar-refractivity contribution is 0.672. The Balaban J connectivity index is 2.57. The molecule has 0 saturated heterocycles. The summed E-state index contributed by atoms with van der Waals surface area (Å²) in [5.74, 6) is 0.613.